The van der Waals surface area contributed by atoms with Crippen molar-refractivity contribution in [3.8, 4) is 5.75 Å². The lowest BCUT2D eigenvalue weighted by Gasteiger charge is -2.26. The lowest BCUT2D eigenvalue weighted by molar-refractivity contribution is 0.0341. The molecule has 0 saturated carbocycles. The van der Waals surface area contributed by atoms with Gasteiger partial charge in [0.15, 0.2) is 5.65 Å². The van der Waals surface area contributed by atoms with E-state index in [0.717, 1.165) is 55.1 Å². The molecule has 9 nitrogen and oxygen atoms in total. The molecule has 1 aliphatic rings. The van der Waals surface area contributed by atoms with Crippen LogP contribution < -0.4 is 10.4 Å². The van der Waals surface area contributed by atoms with Gasteiger partial charge in [-0.05, 0) is 29.3 Å². The second-order valence-electron chi connectivity index (χ2n) is 7.32. The molecule has 4 aromatic rings. The van der Waals surface area contributed by atoms with Gasteiger partial charge >= 0.3 is 5.69 Å². The van der Waals surface area contributed by atoms with E-state index in [2.05, 4.69) is 26.0 Å². The molecular formula is C22H26N6O3. The molecule has 4 heterocycles. The van der Waals surface area contributed by atoms with Crippen LogP contribution in [-0.2, 0) is 17.8 Å². The van der Waals surface area contributed by atoms with E-state index in [1.165, 1.54) is 10.8 Å². The van der Waals surface area contributed by atoms with Crippen LogP contribution in [0.5, 0.6) is 5.75 Å². The molecule has 1 aliphatic heterocycles. The van der Waals surface area contributed by atoms with E-state index in [1.807, 2.05) is 30.5 Å². The fraction of sp³-hybridized carbons (Fsp3) is 0.364. The predicted molar refractivity (Wildman–Crippen MR) is 117 cm³/mol. The fourth-order valence-electron chi connectivity index (χ4n) is 3.81. The van der Waals surface area contributed by atoms with Gasteiger partial charge in [-0.2, -0.15) is 9.61 Å². The van der Waals surface area contributed by atoms with Crippen molar-refractivity contribution >= 4 is 16.7 Å². The quantitative estimate of drug-likeness (QED) is 0.486. The van der Waals surface area contributed by atoms with Crippen molar-refractivity contribution in [1.29, 1.82) is 0 Å². The Morgan fingerprint density at radius 2 is 1.81 bits per heavy atom. The summed E-state index contributed by atoms with van der Waals surface area (Å²) in [6.45, 7) is 4.45. The van der Waals surface area contributed by atoms with Crippen molar-refractivity contribution in [3.63, 3.8) is 0 Å². The topological polar surface area (TPSA) is 86.8 Å². The summed E-state index contributed by atoms with van der Waals surface area (Å²) >= 11 is 0. The van der Waals surface area contributed by atoms with Crippen molar-refractivity contribution in [2.24, 2.45) is 0 Å². The van der Waals surface area contributed by atoms with Crippen molar-refractivity contribution in [1.82, 2.24) is 29.0 Å². The van der Waals surface area contributed by atoms with Gasteiger partial charge in [-0.3, -0.25) is 9.47 Å². The molecule has 0 spiro atoms. The van der Waals surface area contributed by atoms with E-state index < -0.39 is 0 Å². The molecule has 5 rings (SSSR count). The number of pyridine rings is 1. The molecule has 0 radical (unpaired) electrons. The van der Waals surface area contributed by atoms with Gasteiger partial charge in [-0.1, -0.05) is 19.6 Å². The number of rotatable bonds is 5. The highest BCUT2D eigenvalue weighted by molar-refractivity contribution is 5.89. The van der Waals surface area contributed by atoms with Crippen molar-refractivity contribution in [2.75, 3.05) is 33.4 Å². The van der Waals surface area contributed by atoms with Gasteiger partial charge in [-0.15, -0.1) is 0 Å². The van der Waals surface area contributed by atoms with E-state index in [4.69, 9.17) is 9.47 Å². The van der Waals surface area contributed by atoms with Crippen LogP contribution in [0.2, 0.25) is 0 Å². The minimum Gasteiger partial charge on any atom is -0.497 e. The molecule has 3 aromatic heterocycles. The average molecular weight is 422 g/mol. The zero-order valence-corrected chi connectivity index (χ0v) is 16.7. The molecule has 1 aromatic carbocycles. The van der Waals surface area contributed by atoms with Gasteiger partial charge in [0.25, 0.3) is 0 Å². The lowest BCUT2D eigenvalue weighted by atomic mass is 10.2. The number of hydrogen-bond acceptors (Lipinski definition) is 7. The highest BCUT2D eigenvalue weighted by Crippen LogP contribution is 2.19. The maximum absolute atomic E-state index is 13.1. The minimum absolute atomic E-state index is 0. The first-order chi connectivity index (χ1) is 14.7. The monoisotopic (exact) mass is 422 g/mol. The Morgan fingerprint density at radius 1 is 1.03 bits per heavy atom. The highest BCUT2D eigenvalue weighted by atomic mass is 16.5. The van der Waals surface area contributed by atoms with Crippen molar-refractivity contribution < 1.29 is 9.47 Å². The van der Waals surface area contributed by atoms with E-state index in [9.17, 15) is 4.79 Å². The number of ether oxygens (including phenoxy) is 2. The summed E-state index contributed by atoms with van der Waals surface area (Å²) in [5, 5.41) is 4.95. The van der Waals surface area contributed by atoms with E-state index in [-0.39, 0.29) is 13.1 Å². The smallest absolute Gasteiger partial charge is 0.352 e. The first kappa shape index (κ1) is 21.0. The molecule has 0 N–H and O–H groups in total. The number of methoxy groups -OCH3 is 1. The number of nitrogens with zero attached hydrogens (tertiary/aromatic N) is 6. The third-order valence-corrected chi connectivity index (χ3v) is 5.39. The molecule has 0 aliphatic carbocycles. The van der Waals surface area contributed by atoms with Gasteiger partial charge in [0.2, 0.25) is 0 Å². The Morgan fingerprint density at radius 3 is 2.55 bits per heavy atom. The Kier molecular flexibility index (Phi) is 5.97. The summed E-state index contributed by atoms with van der Waals surface area (Å²) in [4.78, 5) is 24.4. The third-order valence-electron chi connectivity index (χ3n) is 5.39. The number of fused-ring (bicyclic) bond motifs is 3. The minimum atomic E-state index is -0.265. The first-order valence-corrected chi connectivity index (χ1v) is 9.87. The standard InChI is InChI=1S/C21H22N6O3.CH4/c1-29-17-4-2-15(3-5-17)13-26-19-18(20-23-14-24-27(20)21(26)28)10-16(11-22-19)12-25-6-8-30-9-7-25;/h2-5,10-11,14H,6-9,12-13H2,1H3;1H4. The molecular weight excluding hydrogens is 396 g/mol. The zero-order chi connectivity index (χ0) is 20.5. The van der Waals surface area contributed by atoms with E-state index in [0.29, 0.717) is 17.8 Å². The number of hydrogen-bond donors (Lipinski definition) is 0. The highest BCUT2D eigenvalue weighted by Gasteiger charge is 2.16. The molecule has 1 fully saturated rings. The number of benzene rings is 1. The van der Waals surface area contributed by atoms with Crippen LogP contribution in [0.15, 0.2) is 47.7 Å². The SMILES string of the molecule is C.COc1ccc(Cn2c(=O)n3ncnc3c3cc(CN4CCOCC4)cnc32)cc1. The summed E-state index contributed by atoms with van der Waals surface area (Å²) in [7, 11) is 1.63. The Balaban J connectivity index is 0.00000231. The number of aromatic nitrogens is 5. The molecule has 0 amide bonds. The van der Waals surface area contributed by atoms with Gasteiger partial charge in [0, 0.05) is 25.8 Å². The molecule has 31 heavy (non-hydrogen) atoms. The van der Waals surface area contributed by atoms with Crippen LogP contribution >= 0.6 is 0 Å². The Labute approximate surface area is 179 Å². The van der Waals surface area contributed by atoms with Gasteiger partial charge in [-0.25, -0.2) is 14.8 Å². The maximum Gasteiger partial charge on any atom is 0.352 e. The van der Waals surface area contributed by atoms with Crippen LogP contribution in [0.3, 0.4) is 0 Å². The summed E-state index contributed by atoms with van der Waals surface area (Å²) in [6, 6.07) is 9.70. The first-order valence-electron chi connectivity index (χ1n) is 9.87. The largest absolute Gasteiger partial charge is 0.497 e. The Bertz CT molecular complexity index is 1240. The van der Waals surface area contributed by atoms with E-state index in [1.54, 1.807) is 11.7 Å². The molecule has 1 saturated heterocycles. The predicted octanol–water partition coefficient (Wildman–Crippen LogP) is 1.96. The fourth-order valence-corrected chi connectivity index (χ4v) is 3.81. The van der Waals surface area contributed by atoms with Crippen molar-refractivity contribution in [3.05, 3.63) is 64.5 Å². The lowest BCUT2D eigenvalue weighted by Crippen LogP contribution is -2.35. The van der Waals surface area contributed by atoms with Crippen LogP contribution in [0, 0.1) is 0 Å². The van der Waals surface area contributed by atoms with Crippen molar-refractivity contribution in [2.45, 2.75) is 20.5 Å². The summed E-state index contributed by atoms with van der Waals surface area (Å²) in [5.41, 5.74) is 2.90. The molecule has 9 heteroatoms. The second kappa shape index (κ2) is 8.83. The molecule has 0 atom stereocenters. The molecule has 0 unspecified atom stereocenters. The summed E-state index contributed by atoms with van der Waals surface area (Å²) in [6.07, 6.45) is 3.25. The maximum atomic E-state index is 13.1. The summed E-state index contributed by atoms with van der Waals surface area (Å²) in [5.74, 6) is 0.772. The van der Waals surface area contributed by atoms with Crippen LogP contribution in [0.4, 0.5) is 0 Å². The van der Waals surface area contributed by atoms with E-state index >= 15 is 0 Å². The van der Waals surface area contributed by atoms with Crippen LogP contribution in [0.1, 0.15) is 18.6 Å². The van der Waals surface area contributed by atoms with Crippen LogP contribution in [-0.4, -0.2) is 62.5 Å². The summed E-state index contributed by atoms with van der Waals surface area (Å²) < 4.78 is 13.6. The third kappa shape index (κ3) is 4.01. The average Bonchev–Trinajstić information content (AvgIpc) is 3.28. The van der Waals surface area contributed by atoms with Gasteiger partial charge in [0.05, 0.1) is 32.3 Å². The zero-order valence-electron chi connectivity index (χ0n) is 16.7. The second-order valence-corrected chi connectivity index (χ2v) is 7.32. The number of morpholine rings is 1. The van der Waals surface area contributed by atoms with Gasteiger partial charge in [0.1, 0.15) is 17.7 Å². The molecule has 0 bridgehead atoms. The molecule has 162 valence electrons. The Hall–Kier alpha value is -3.30. The van der Waals surface area contributed by atoms with Gasteiger partial charge < -0.3 is 9.47 Å². The van der Waals surface area contributed by atoms with Crippen LogP contribution in [0.25, 0.3) is 16.7 Å². The normalized spacial score (nSPS) is 14.6.